The topological polar surface area (TPSA) is 12.0 Å². The van der Waals surface area contributed by atoms with Gasteiger partial charge in [-0.15, -0.1) is 0 Å². The lowest BCUT2D eigenvalue weighted by molar-refractivity contribution is 0.413. The van der Waals surface area contributed by atoms with Crippen LogP contribution in [-0.4, -0.2) is 12.1 Å². The van der Waals surface area contributed by atoms with Crippen molar-refractivity contribution in [1.82, 2.24) is 5.32 Å². The first-order valence-electron chi connectivity index (χ1n) is 6.30. The van der Waals surface area contributed by atoms with Crippen LogP contribution in [0.25, 0.3) is 0 Å². The maximum absolute atomic E-state index is 13.2. The van der Waals surface area contributed by atoms with Gasteiger partial charge in [-0.25, -0.2) is 4.39 Å². The van der Waals surface area contributed by atoms with Gasteiger partial charge in [0.15, 0.2) is 0 Å². The van der Waals surface area contributed by atoms with Crippen LogP contribution in [-0.2, 0) is 0 Å². The molecule has 0 bridgehead atoms. The average Bonchev–Trinajstić information content (AvgIpc) is 2.19. The third kappa shape index (κ3) is 4.86. The maximum Gasteiger partial charge on any atom is 0.123 e. The molecule has 1 atom stereocenters. The molecule has 1 nitrogen and oxygen atoms in total. The molecule has 0 spiro atoms. The lowest BCUT2D eigenvalue weighted by Crippen LogP contribution is -2.36. The fraction of sp³-hybridized carbons (Fsp3) is 0.600. The van der Waals surface area contributed by atoms with E-state index < -0.39 is 0 Å². The van der Waals surface area contributed by atoms with Crippen molar-refractivity contribution in [3.05, 3.63) is 35.1 Å². The molecule has 0 amide bonds. The summed E-state index contributed by atoms with van der Waals surface area (Å²) in [5.74, 6) is 0.252. The number of rotatable bonds is 4. The second-order valence-corrected chi connectivity index (χ2v) is 5.87. The highest BCUT2D eigenvalue weighted by Crippen LogP contribution is 2.23. The van der Waals surface area contributed by atoms with Crippen LogP contribution >= 0.6 is 0 Å². The molecule has 0 aliphatic rings. The van der Waals surface area contributed by atoms with Gasteiger partial charge in [0.2, 0.25) is 0 Å². The van der Waals surface area contributed by atoms with Gasteiger partial charge in [0, 0.05) is 5.54 Å². The van der Waals surface area contributed by atoms with E-state index in [9.17, 15) is 4.39 Å². The number of hydrogen-bond donors (Lipinski definition) is 1. The van der Waals surface area contributed by atoms with Gasteiger partial charge < -0.3 is 5.32 Å². The summed E-state index contributed by atoms with van der Waals surface area (Å²) in [6, 6.07) is 5.05. The van der Waals surface area contributed by atoms with Crippen LogP contribution in [0.2, 0.25) is 0 Å². The molecular weight excluding hydrogens is 213 g/mol. The van der Waals surface area contributed by atoms with E-state index in [1.165, 1.54) is 11.6 Å². The molecule has 0 saturated heterocycles. The molecule has 0 aliphatic heterocycles. The Morgan fingerprint density at radius 3 is 2.53 bits per heavy atom. The molecule has 0 heterocycles. The number of hydrogen-bond acceptors (Lipinski definition) is 1. The van der Waals surface area contributed by atoms with Gasteiger partial charge in [0.1, 0.15) is 5.82 Å². The molecule has 0 aromatic heterocycles. The molecule has 96 valence electrons. The lowest BCUT2D eigenvalue weighted by atomic mass is 9.93. The van der Waals surface area contributed by atoms with Crippen molar-refractivity contribution in [2.45, 2.75) is 52.5 Å². The van der Waals surface area contributed by atoms with Crippen molar-refractivity contribution in [3.8, 4) is 0 Å². The van der Waals surface area contributed by atoms with E-state index in [0.717, 1.165) is 18.5 Å². The minimum absolute atomic E-state index is 0.138. The summed E-state index contributed by atoms with van der Waals surface area (Å²) in [5, 5.41) is 3.46. The summed E-state index contributed by atoms with van der Waals surface area (Å²) in [7, 11) is 0. The molecule has 2 heteroatoms. The summed E-state index contributed by atoms with van der Waals surface area (Å²) in [5.41, 5.74) is 2.45. The summed E-state index contributed by atoms with van der Waals surface area (Å²) in [6.45, 7) is 11.6. The van der Waals surface area contributed by atoms with Crippen LogP contribution in [0.3, 0.4) is 0 Å². The van der Waals surface area contributed by atoms with Crippen molar-refractivity contribution in [3.63, 3.8) is 0 Å². The van der Waals surface area contributed by atoms with Gasteiger partial charge in [0.25, 0.3) is 0 Å². The standard InChI is InChI=1S/C15H24FN/c1-11-6-7-13(16)10-14(11)12(2)8-9-17-15(3,4)5/h6-7,10,12,17H,8-9H2,1-5H3. The SMILES string of the molecule is Cc1ccc(F)cc1C(C)CCNC(C)(C)C. The van der Waals surface area contributed by atoms with E-state index in [0.29, 0.717) is 5.92 Å². The van der Waals surface area contributed by atoms with Crippen LogP contribution in [0.15, 0.2) is 18.2 Å². The third-order valence-corrected chi connectivity index (χ3v) is 3.00. The molecule has 0 saturated carbocycles. The zero-order chi connectivity index (χ0) is 13.1. The Morgan fingerprint density at radius 1 is 1.29 bits per heavy atom. The zero-order valence-electron chi connectivity index (χ0n) is 11.6. The molecule has 1 rings (SSSR count). The van der Waals surface area contributed by atoms with Gasteiger partial charge in [-0.05, 0) is 69.8 Å². The molecular formula is C15H24FN. The fourth-order valence-electron chi connectivity index (χ4n) is 1.96. The van der Waals surface area contributed by atoms with E-state index in [1.807, 2.05) is 13.0 Å². The van der Waals surface area contributed by atoms with E-state index in [-0.39, 0.29) is 11.4 Å². The van der Waals surface area contributed by atoms with E-state index in [1.54, 1.807) is 6.07 Å². The molecule has 0 aliphatic carbocycles. The quantitative estimate of drug-likeness (QED) is 0.834. The van der Waals surface area contributed by atoms with Crippen molar-refractivity contribution in [2.75, 3.05) is 6.54 Å². The summed E-state index contributed by atoms with van der Waals surface area (Å²) < 4.78 is 13.2. The smallest absolute Gasteiger partial charge is 0.123 e. The first kappa shape index (κ1) is 14.2. The van der Waals surface area contributed by atoms with Crippen molar-refractivity contribution >= 4 is 0 Å². The van der Waals surface area contributed by atoms with Crippen LogP contribution in [0.5, 0.6) is 0 Å². The van der Waals surface area contributed by atoms with Crippen LogP contribution in [0.4, 0.5) is 4.39 Å². The third-order valence-electron chi connectivity index (χ3n) is 3.00. The highest BCUT2D eigenvalue weighted by atomic mass is 19.1. The molecule has 1 aromatic rings. The number of aryl methyl sites for hydroxylation is 1. The number of halogens is 1. The molecule has 1 N–H and O–H groups in total. The Labute approximate surface area is 104 Å². The van der Waals surface area contributed by atoms with Gasteiger partial charge in [-0.3, -0.25) is 0 Å². The maximum atomic E-state index is 13.2. The Hall–Kier alpha value is -0.890. The van der Waals surface area contributed by atoms with E-state index >= 15 is 0 Å². The first-order valence-corrected chi connectivity index (χ1v) is 6.30. The minimum atomic E-state index is -0.138. The highest BCUT2D eigenvalue weighted by molar-refractivity contribution is 5.29. The van der Waals surface area contributed by atoms with Gasteiger partial charge in [0.05, 0.1) is 0 Å². The van der Waals surface area contributed by atoms with Crippen molar-refractivity contribution in [1.29, 1.82) is 0 Å². The largest absolute Gasteiger partial charge is 0.312 e. The molecule has 0 fully saturated rings. The second kappa shape index (κ2) is 5.63. The van der Waals surface area contributed by atoms with Crippen molar-refractivity contribution < 1.29 is 4.39 Å². The fourth-order valence-corrected chi connectivity index (χ4v) is 1.96. The Kier molecular flexibility index (Phi) is 4.70. The molecule has 1 aromatic carbocycles. The van der Waals surface area contributed by atoms with Gasteiger partial charge >= 0.3 is 0 Å². The Balaban J connectivity index is 2.58. The predicted molar refractivity (Wildman–Crippen MR) is 71.9 cm³/mol. The second-order valence-electron chi connectivity index (χ2n) is 5.87. The average molecular weight is 237 g/mol. The summed E-state index contributed by atoms with van der Waals surface area (Å²) >= 11 is 0. The summed E-state index contributed by atoms with van der Waals surface area (Å²) in [6.07, 6.45) is 1.03. The normalized spacial score (nSPS) is 13.8. The van der Waals surface area contributed by atoms with Crippen LogP contribution in [0, 0.1) is 12.7 Å². The number of nitrogens with one attached hydrogen (secondary N) is 1. The predicted octanol–water partition coefficient (Wildman–Crippen LogP) is 4.02. The van der Waals surface area contributed by atoms with Gasteiger partial charge in [-0.1, -0.05) is 13.0 Å². The lowest BCUT2D eigenvalue weighted by Gasteiger charge is -2.22. The van der Waals surface area contributed by atoms with E-state index in [2.05, 4.69) is 33.0 Å². The monoisotopic (exact) mass is 237 g/mol. The van der Waals surface area contributed by atoms with Gasteiger partial charge in [-0.2, -0.15) is 0 Å². The van der Waals surface area contributed by atoms with Crippen LogP contribution in [0.1, 0.15) is 51.2 Å². The van der Waals surface area contributed by atoms with Crippen LogP contribution < -0.4 is 5.32 Å². The Morgan fingerprint density at radius 2 is 1.94 bits per heavy atom. The molecule has 1 unspecified atom stereocenters. The molecule has 17 heavy (non-hydrogen) atoms. The van der Waals surface area contributed by atoms with E-state index in [4.69, 9.17) is 0 Å². The zero-order valence-corrected chi connectivity index (χ0v) is 11.6. The first-order chi connectivity index (χ1) is 7.79. The summed E-state index contributed by atoms with van der Waals surface area (Å²) in [4.78, 5) is 0. The molecule has 0 radical (unpaired) electrons. The highest BCUT2D eigenvalue weighted by Gasteiger charge is 2.12. The minimum Gasteiger partial charge on any atom is -0.312 e. The Bertz CT molecular complexity index is 366. The number of benzene rings is 1. The van der Waals surface area contributed by atoms with Crippen molar-refractivity contribution in [2.24, 2.45) is 0 Å².